The van der Waals surface area contributed by atoms with Gasteiger partial charge in [0.05, 0.1) is 23.5 Å². The van der Waals surface area contributed by atoms with Crippen LogP contribution in [0.15, 0.2) is 52.9 Å². The van der Waals surface area contributed by atoms with Crippen molar-refractivity contribution in [1.82, 2.24) is 0 Å². The predicted molar refractivity (Wildman–Crippen MR) is 103 cm³/mol. The van der Waals surface area contributed by atoms with E-state index in [1.807, 2.05) is 31.2 Å². The minimum atomic E-state index is 0.0203. The molecule has 2 aromatic rings. The molecule has 0 radical (unpaired) electrons. The summed E-state index contributed by atoms with van der Waals surface area (Å²) in [7, 11) is 0. The fraction of sp³-hybridized carbons (Fsp3) is 0.300. The second-order valence-electron chi connectivity index (χ2n) is 5.92. The van der Waals surface area contributed by atoms with E-state index in [4.69, 9.17) is 11.0 Å². The molecular weight excluding hydrogens is 314 g/mol. The van der Waals surface area contributed by atoms with Crippen LogP contribution < -0.4 is 5.73 Å². The van der Waals surface area contributed by atoms with Gasteiger partial charge in [-0.25, -0.2) is 0 Å². The lowest BCUT2D eigenvalue weighted by atomic mass is 10.0. The van der Waals surface area contributed by atoms with Gasteiger partial charge in [0.25, 0.3) is 0 Å². The molecule has 4 heteroatoms. The van der Waals surface area contributed by atoms with E-state index in [2.05, 4.69) is 36.0 Å². The fourth-order valence-electron chi connectivity index (χ4n) is 2.63. The SMILES string of the molecule is C=C(CCC)CC(N=C(C)N)c1cc(-c2cccc(C#N)c2)cs1. The van der Waals surface area contributed by atoms with Gasteiger partial charge in [0.15, 0.2) is 0 Å². The molecule has 1 aromatic heterocycles. The first kappa shape index (κ1) is 18.0. The van der Waals surface area contributed by atoms with Crippen LogP contribution >= 0.6 is 11.3 Å². The van der Waals surface area contributed by atoms with Crippen molar-refractivity contribution in [2.45, 2.75) is 39.2 Å². The molecule has 1 unspecified atom stereocenters. The van der Waals surface area contributed by atoms with E-state index in [0.29, 0.717) is 11.4 Å². The Bertz CT molecular complexity index is 776. The first-order valence-electron chi connectivity index (χ1n) is 8.09. The lowest BCUT2D eigenvalue weighted by Crippen LogP contribution is -2.08. The van der Waals surface area contributed by atoms with Crippen LogP contribution in [0.4, 0.5) is 0 Å². The quantitative estimate of drug-likeness (QED) is 0.415. The van der Waals surface area contributed by atoms with Gasteiger partial charge in [-0.05, 0) is 54.5 Å². The summed E-state index contributed by atoms with van der Waals surface area (Å²) in [5.74, 6) is 0.589. The summed E-state index contributed by atoms with van der Waals surface area (Å²) in [5.41, 5.74) is 9.86. The van der Waals surface area contributed by atoms with E-state index in [1.165, 1.54) is 10.5 Å². The summed E-state index contributed by atoms with van der Waals surface area (Å²) in [6.07, 6.45) is 2.92. The number of hydrogen-bond donors (Lipinski definition) is 1. The first-order valence-corrected chi connectivity index (χ1v) is 8.97. The Morgan fingerprint density at radius 2 is 2.17 bits per heavy atom. The van der Waals surface area contributed by atoms with Gasteiger partial charge in [0, 0.05) is 4.88 Å². The monoisotopic (exact) mass is 337 g/mol. The van der Waals surface area contributed by atoms with Crippen molar-refractivity contribution in [1.29, 1.82) is 5.26 Å². The average molecular weight is 337 g/mol. The standard InChI is InChI=1S/C20H23N3S/c1-4-6-14(2)9-19(23-15(3)22)20-11-18(13-24-20)17-8-5-7-16(10-17)12-21/h5,7-8,10-11,13,19H,2,4,6,9H2,1,3H3,(H2,22,23). The van der Waals surface area contributed by atoms with Crippen LogP contribution in [0.5, 0.6) is 0 Å². The zero-order valence-electron chi connectivity index (χ0n) is 14.2. The highest BCUT2D eigenvalue weighted by Crippen LogP contribution is 2.35. The zero-order chi connectivity index (χ0) is 17.5. The Balaban J connectivity index is 2.28. The van der Waals surface area contributed by atoms with E-state index >= 15 is 0 Å². The summed E-state index contributed by atoms with van der Waals surface area (Å²) in [5, 5.41) is 11.2. The van der Waals surface area contributed by atoms with Crippen molar-refractivity contribution in [2.75, 3.05) is 0 Å². The van der Waals surface area contributed by atoms with Gasteiger partial charge < -0.3 is 5.73 Å². The third kappa shape index (κ3) is 4.81. The molecule has 1 aromatic carbocycles. The normalized spacial score (nSPS) is 12.6. The van der Waals surface area contributed by atoms with E-state index in [0.717, 1.165) is 30.4 Å². The fourth-order valence-corrected chi connectivity index (χ4v) is 3.59. The Morgan fingerprint density at radius 1 is 1.38 bits per heavy atom. The Hall–Kier alpha value is -2.38. The topological polar surface area (TPSA) is 62.2 Å². The number of amidine groups is 1. The molecule has 2 rings (SSSR count). The number of benzene rings is 1. The Kier molecular flexibility index (Phi) is 6.34. The summed E-state index contributed by atoms with van der Waals surface area (Å²) in [6, 6.07) is 12.0. The van der Waals surface area contributed by atoms with Crippen molar-refractivity contribution >= 4 is 17.2 Å². The molecule has 0 aliphatic heterocycles. The maximum Gasteiger partial charge on any atom is 0.0991 e. The average Bonchev–Trinajstić information content (AvgIpc) is 3.04. The van der Waals surface area contributed by atoms with Crippen molar-refractivity contribution in [3.05, 3.63) is 58.3 Å². The van der Waals surface area contributed by atoms with E-state index in [1.54, 1.807) is 11.3 Å². The van der Waals surface area contributed by atoms with Gasteiger partial charge in [-0.15, -0.1) is 11.3 Å². The molecule has 124 valence electrons. The van der Waals surface area contributed by atoms with E-state index < -0.39 is 0 Å². The number of thiophene rings is 1. The molecule has 0 aliphatic carbocycles. The third-order valence-electron chi connectivity index (χ3n) is 3.72. The van der Waals surface area contributed by atoms with E-state index in [-0.39, 0.29) is 6.04 Å². The lowest BCUT2D eigenvalue weighted by Gasteiger charge is -2.13. The van der Waals surface area contributed by atoms with Crippen molar-refractivity contribution < 1.29 is 0 Å². The summed E-state index contributed by atoms with van der Waals surface area (Å²) < 4.78 is 0. The molecule has 0 saturated heterocycles. The second-order valence-corrected chi connectivity index (χ2v) is 6.86. The second kappa shape index (κ2) is 8.47. The molecule has 0 amide bonds. The number of nitrogens with zero attached hydrogens (tertiary/aromatic N) is 2. The number of nitrogens with two attached hydrogens (primary N) is 1. The molecule has 2 N–H and O–H groups in total. The highest BCUT2D eigenvalue weighted by Gasteiger charge is 2.15. The number of aliphatic imine (C=N–C) groups is 1. The maximum atomic E-state index is 9.06. The van der Waals surface area contributed by atoms with Gasteiger partial charge in [0.2, 0.25) is 0 Å². The van der Waals surface area contributed by atoms with Crippen LogP contribution in [0.3, 0.4) is 0 Å². The van der Waals surface area contributed by atoms with Crippen molar-refractivity contribution in [3.63, 3.8) is 0 Å². The van der Waals surface area contributed by atoms with Crippen LogP contribution in [0.25, 0.3) is 11.1 Å². The molecular formula is C20H23N3S. The smallest absolute Gasteiger partial charge is 0.0991 e. The van der Waals surface area contributed by atoms with Gasteiger partial charge in [0.1, 0.15) is 0 Å². The molecule has 3 nitrogen and oxygen atoms in total. The van der Waals surface area contributed by atoms with Gasteiger partial charge >= 0.3 is 0 Å². The molecule has 1 heterocycles. The van der Waals surface area contributed by atoms with E-state index in [9.17, 15) is 0 Å². The largest absolute Gasteiger partial charge is 0.388 e. The number of hydrogen-bond acceptors (Lipinski definition) is 3. The molecule has 0 saturated carbocycles. The lowest BCUT2D eigenvalue weighted by molar-refractivity contribution is 0.699. The molecule has 0 fully saturated rings. The van der Waals surface area contributed by atoms with Crippen LogP contribution in [0.1, 0.15) is 49.6 Å². The number of nitriles is 1. The van der Waals surface area contributed by atoms with Crippen LogP contribution in [-0.4, -0.2) is 5.84 Å². The molecule has 1 atom stereocenters. The van der Waals surface area contributed by atoms with Crippen LogP contribution in [0.2, 0.25) is 0 Å². The summed E-state index contributed by atoms with van der Waals surface area (Å²) in [6.45, 7) is 8.14. The van der Waals surface area contributed by atoms with Crippen molar-refractivity contribution in [2.24, 2.45) is 10.7 Å². The van der Waals surface area contributed by atoms with Crippen LogP contribution in [-0.2, 0) is 0 Å². The minimum absolute atomic E-state index is 0.0203. The van der Waals surface area contributed by atoms with Gasteiger partial charge in [-0.1, -0.05) is 37.6 Å². The summed E-state index contributed by atoms with van der Waals surface area (Å²) >= 11 is 1.68. The molecule has 24 heavy (non-hydrogen) atoms. The maximum absolute atomic E-state index is 9.06. The molecule has 0 bridgehead atoms. The molecule has 0 spiro atoms. The number of rotatable bonds is 7. The van der Waals surface area contributed by atoms with Gasteiger partial charge in [-0.2, -0.15) is 5.26 Å². The minimum Gasteiger partial charge on any atom is -0.388 e. The molecule has 0 aliphatic rings. The highest BCUT2D eigenvalue weighted by molar-refractivity contribution is 7.10. The first-order chi connectivity index (χ1) is 11.5. The van der Waals surface area contributed by atoms with Gasteiger partial charge in [-0.3, -0.25) is 4.99 Å². The Morgan fingerprint density at radius 3 is 2.83 bits per heavy atom. The third-order valence-corrected chi connectivity index (χ3v) is 4.75. The predicted octanol–water partition coefficient (Wildman–Crippen LogP) is 5.45. The van der Waals surface area contributed by atoms with Crippen LogP contribution in [0, 0.1) is 11.3 Å². The Labute approximate surface area is 148 Å². The highest BCUT2D eigenvalue weighted by atomic mass is 32.1. The zero-order valence-corrected chi connectivity index (χ0v) is 15.1. The summed E-state index contributed by atoms with van der Waals surface area (Å²) in [4.78, 5) is 5.78. The van der Waals surface area contributed by atoms with Crippen molar-refractivity contribution in [3.8, 4) is 17.2 Å².